The second kappa shape index (κ2) is 8.35. The maximum absolute atomic E-state index is 6.07. The van der Waals surface area contributed by atoms with E-state index in [1.807, 2.05) is 0 Å². The molecule has 2 unspecified atom stereocenters. The summed E-state index contributed by atoms with van der Waals surface area (Å²) in [6.45, 7) is 8.31. The molecule has 1 heterocycles. The fraction of sp³-hybridized carbons (Fsp3) is 1.00. The van der Waals surface area contributed by atoms with Crippen LogP contribution in [0.25, 0.3) is 0 Å². The second-order valence-electron chi connectivity index (χ2n) is 6.60. The predicted molar refractivity (Wildman–Crippen MR) is 83.1 cm³/mol. The molecule has 2 aliphatic rings. The third kappa shape index (κ3) is 4.44. The average Bonchev–Trinajstić information content (AvgIpc) is 2.45. The van der Waals surface area contributed by atoms with Gasteiger partial charge >= 0.3 is 0 Å². The lowest BCUT2D eigenvalue weighted by Crippen LogP contribution is -2.50. The third-order valence-corrected chi connectivity index (χ3v) is 4.94. The summed E-state index contributed by atoms with van der Waals surface area (Å²) >= 11 is 0. The Morgan fingerprint density at radius 2 is 2.10 bits per heavy atom. The van der Waals surface area contributed by atoms with Crippen LogP contribution in [0, 0.1) is 5.92 Å². The van der Waals surface area contributed by atoms with Crippen LogP contribution in [0.5, 0.6) is 0 Å². The van der Waals surface area contributed by atoms with Crippen LogP contribution in [0.2, 0.25) is 0 Å². The minimum Gasteiger partial charge on any atom is -0.381 e. The van der Waals surface area contributed by atoms with Crippen LogP contribution >= 0.6 is 0 Å². The molecule has 1 saturated heterocycles. The molecular weight excluding hydrogens is 250 g/mol. The minimum absolute atomic E-state index is 0.263. The molecule has 118 valence electrons. The van der Waals surface area contributed by atoms with Gasteiger partial charge in [0.1, 0.15) is 0 Å². The van der Waals surface area contributed by atoms with E-state index in [9.17, 15) is 0 Å². The predicted octanol–water partition coefficient (Wildman–Crippen LogP) is 3.52. The zero-order valence-corrected chi connectivity index (χ0v) is 13.5. The fourth-order valence-corrected chi connectivity index (χ4v) is 3.62. The van der Waals surface area contributed by atoms with Crippen molar-refractivity contribution in [2.24, 2.45) is 5.92 Å². The minimum atomic E-state index is 0.263. The van der Waals surface area contributed by atoms with E-state index in [0.29, 0.717) is 6.04 Å². The van der Waals surface area contributed by atoms with E-state index in [4.69, 9.17) is 9.47 Å². The van der Waals surface area contributed by atoms with Crippen LogP contribution in [-0.4, -0.2) is 38.0 Å². The summed E-state index contributed by atoms with van der Waals surface area (Å²) in [6, 6.07) is 0.619. The van der Waals surface area contributed by atoms with Crippen LogP contribution in [0.4, 0.5) is 0 Å². The van der Waals surface area contributed by atoms with E-state index in [0.717, 1.165) is 45.1 Å². The van der Waals surface area contributed by atoms with Gasteiger partial charge in [0.05, 0.1) is 5.60 Å². The molecule has 2 rings (SSSR count). The molecule has 1 aliphatic heterocycles. The Morgan fingerprint density at radius 1 is 1.25 bits per heavy atom. The van der Waals surface area contributed by atoms with Gasteiger partial charge in [0, 0.05) is 25.9 Å². The summed E-state index contributed by atoms with van der Waals surface area (Å²) in [5.74, 6) is 0.779. The Balaban J connectivity index is 1.80. The Kier molecular flexibility index (Phi) is 6.79. The third-order valence-electron chi connectivity index (χ3n) is 4.94. The molecule has 3 nitrogen and oxygen atoms in total. The number of hydrogen-bond donors (Lipinski definition) is 1. The zero-order chi connectivity index (χ0) is 14.3. The molecule has 3 heteroatoms. The first-order valence-electron chi connectivity index (χ1n) is 8.75. The van der Waals surface area contributed by atoms with Crippen molar-refractivity contribution in [3.8, 4) is 0 Å². The molecule has 1 saturated carbocycles. The first-order chi connectivity index (χ1) is 9.79. The first kappa shape index (κ1) is 16.3. The van der Waals surface area contributed by atoms with Crippen LogP contribution in [0.1, 0.15) is 65.2 Å². The lowest BCUT2D eigenvalue weighted by Gasteiger charge is -2.49. The van der Waals surface area contributed by atoms with Gasteiger partial charge < -0.3 is 14.8 Å². The monoisotopic (exact) mass is 283 g/mol. The number of ether oxygens (including phenoxy) is 2. The lowest BCUT2D eigenvalue weighted by atomic mass is 9.70. The van der Waals surface area contributed by atoms with Gasteiger partial charge in [-0.15, -0.1) is 0 Å². The maximum atomic E-state index is 6.07. The van der Waals surface area contributed by atoms with E-state index in [-0.39, 0.29) is 5.60 Å². The van der Waals surface area contributed by atoms with Gasteiger partial charge in [0.2, 0.25) is 0 Å². The SMILES string of the molecule is CCCNC(CCOCCC)C1CCOC2(CCC2)C1. The van der Waals surface area contributed by atoms with Crippen molar-refractivity contribution >= 4 is 0 Å². The average molecular weight is 283 g/mol. The topological polar surface area (TPSA) is 30.5 Å². The van der Waals surface area contributed by atoms with Crippen molar-refractivity contribution < 1.29 is 9.47 Å². The van der Waals surface area contributed by atoms with Gasteiger partial charge in [-0.1, -0.05) is 13.8 Å². The van der Waals surface area contributed by atoms with Crippen molar-refractivity contribution in [1.29, 1.82) is 0 Å². The maximum Gasteiger partial charge on any atom is 0.0685 e. The molecular formula is C17H33NO2. The highest BCUT2D eigenvalue weighted by Crippen LogP contribution is 2.45. The zero-order valence-electron chi connectivity index (χ0n) is 13.5. The number of hydrogen-bond acceptors (Lipinski definition) is 3. The molecule has 2 atom stereocenters. The molecule has 0 bridgehead atoms. The fourth-order valence-electron chi connectivity index (χ4n) is 3.62. The quantitative estimate of drug-likeness (QED) is 0.657. The second-order valence-corrected chi connectivity index (χ2v) is 6.60. The molecule has 2 fully saturated rings. The van der Waals surface area contributed by atoms with Crippen LogP contribution in [0.15, 0.2) is 0 Å². The van der Waals surface area contributed by atoms with E-state index in [1.165, 1.54) is 38.5 Å². The highest BCUT2D eigenvalue weighted by molar-refractivity contribution is 4.96. The van der Waals surface area contributed by atoms with Gasteiger partial charge in [0.25, 0.3) is 0 Å². The van der Waals surface area contributed by atoms with Crippen molar-refractivity contribution in [1.82, 2.24) is 5.32 Å². The summed E-state index contributed by atoms with van der Waals surface area (Å²) in [4.78, 5) is 0. The van der Waals surface area contributed by atoms with Gasteiger partial charge in [0.15, 0.2) is 0 Å². The normalized spacial score (nSPS) is 26.4. The largest absolute Gasteiger partial charge is 0.381 e. The Labute approximate surface area is 124 Å². The van der Waals surface area contributed by atoms with Gasteiger partial charge in [-0.3, -0.25) is 0 Å². The Bertz CT molecular complexity index is 266. The molecule has 0 aromatic carbocycles. The van der Waals surface area contributed by atoms with Crippen LogP contribution in [-0.2, 0) is 9.47 Å². The summed E-state index contributed by atoms with van der Waals surface area (Å²) in [6.07, 6.45) is 9.90. The summed E-state index contributed by atoms with van der Waals surface area (Å²) in [7, 11) is 0. The van der Waals surface area contributed by atoms with Gasteiger partial charge in [-0.25, -0.2) is 0 Å². The number of rotatable bonds is 9. The molecule has 1 N–H and O–H groups in total. The highest BCUT2D eigenvalue weighted by atomic mass is 16.5. The molecule has 1 spiro atoms. The number of nitrogens with one attached hydrogen (secondary N) is 1. The van der Waals surface area contributed by atoms with Gasteiger partial charge in [-0.2, -0.15) is 0 Å². The molecule has 20 heavy (non-hydrogen) atoms. The molecule has 0 aromatic heterocycles. The summed E-state index contributed by atoms with van der Waals surface area (Å²) < 4.78 is 11.8. The van der Waals surface area contributed by atoms with Crippen molar-refractivity contribution in [3.05, 3.63) is 0 Å². The van der Waals surface area contributed by atoms with E-state index in [2.05, 4.69) is 19.2 Å². The standard InChI is InChI=1S/C17H33NO2/c1-3-10-18-16(7-12-19-11-4-2)15-6-13-20-17(14-15)8-5-9-17/h15-16,18H,3-14H2,1-2H3. The van der Waals surface area contributed by atoms with E-state index < -0.39 is 0 Å². The summed E-state index contributed by atoms with van der Waals surface area (Å²) in [5.41, 5.74) is 0.263. The van der Waals surface area contributed by atoms with Crippen molar-refractivity contribution in [3.63, 3.8) is 0 Å². The molecule has 0 aromatic rings. The Hall–Kier alpha value is -0.120. The highest BCUT2D eigenvalue weighted by Gasteiger charge is 2.44. The van der Waals surface area contributed by atoms with E-state index >= 15 is 0 Å². The molecule has 1 aliphatic carbocycles. The van der Waals surface area contributed by atoms with Gasteiger partial charge in [-0.05, 0) is 63.8 Å². The lowest BCUT2D eigenvalue weighted by molar-refractivity contribution is -0.147. The summed E-state index contributed by atoms with van der Waals surface area (Å²) in [5, 5.41) is 3.77. The van der Waals surface area contributed by atoms with E-state index in [1.54, 1.807) is 0 Å². The first-order valence-corrected chi connectivity index (χ1v) is 8.75. The van der Waals surface area contributed by atoms with Crippen molar-refractivity contribution in [2.75, 3.05) is 26.4 Å². The van der Waals surface area contributed by atoms with Crippen LogP contribution < -0.4 is 5.32 Å². The molecule has 0 amide bonds. The molecule has 0 radical (unpaired) electrons. The van der Waals surface area contributed by atoms with Crippen molar-refractivity contribution in [2.45, 2.75) is 76.9 Å². The smallest absolute Gasteiger partial charge is 0.0685 e. The van der Waals surface area contributed by atoms with Crippen LogP contribution in [0.3, 0.4) is 0 Å². The Morgan fingerprint density at radius 3 is 2.75 bits per heavy atom.